The largest absolute Gasteiger partial charge is 0.496 e. The van der Waals surface area contributed by atoms with E-state index < -0.39 is 23.5 Å². The van der Waals surface area contributed by atoms with E-state index in [0.717, 1.165) is 18.9 Å². The average Bonchev–Trinajstić information content (AvgIpc) is 2.92. The molecule has 0 bridgehead atoms. The van der Waals surface area contributed by atoms with E-state index >= 15 is 0 Å². The highest BCUT2D eigenvalue weighted by atomic mass is 19.2. The van der Waals surface area contributed by atoms with E-state index in [1.807, 2.05) is 13.0 Å². The van der Waals surface area contributed by atoms with Crippen molar-refractivity contribution < 1.29 is 17.9 Å². The average molecular weight is 271 g/mol. The van der Waals surface area contributed by atoms with Gasteiger partial charge >= 0.3 is 0 Å². The summed E-state index contributed by atoms with van der Waals surface area (Å²) in [6.07, 6.45) is 3.42. The predicted molar refractivity (Wildman–Crippen MR) is 66.0 cm³/mol. The summed E-state index contributed by atoms with van der Waals surface area (Å²) in [5.74, 6) is -3.22. The first-order valence-corrected chi connectivity index (χ1v) is 6.34. The molecule has 2 nitrogen and oxygen atoms in total. The molecule has 0 fully saturated rings. The maximum Gasteiger partial charge on any atom is 0.194 e. The summed E-state index contributed by atoms with van der Waals surface area (Å²) >= 11 is 0. The summed E-state index contributed by atoms with van der Waals surface area (Å²) in [5, 5.41) is 3.09. The van der Waals surface area contributed by atoms with Gasteiger partial charge in [-0.1, -0.05) is 13.0 Å². The molecule has 19 heavy (non-hydrogen) atoms. The normalized spacial score (nSPS) is 16.1. The zero-order valence-electron chi connectivity index (χ0n) is 10.7. The van der Waals surface area contributed by atoms with Crippen LogP contribution in [0.15, 0.2) is 24.0 Å². The number of benzene rings is 1. The van der Waals surface area contributed by atoms with Crippen LogP contribution < -0.4 is 5.32 Å². The van der Waals surface area contributed by atoms with Crippen molar-refractivity contribution in [3.63, 3.8) is 0 Å². The molecule has 5 heteroatoms. The van der Waals surface area contributed by atoms with Crippen molar-refractivity contribution in [3.05, 3.63) is 47.0 Å². The summed E-state index contributed by atoms with van der Waals surface area (Å²) in [6.45, 7) is 3.13. The van der Waals surface area contributed by atoms with Crippen molar-refractivity contribution in [2.45, 2.75) is 25.8 Å². The number of rotatable bonds is 5. The Balaban J connectivity index is 2.34. The van der Waals surface area contributed by atoms with Crippen LogP contribution >= 0.6 is 0 Å². The molecular weight excluding hydrogens is 255 g/mol. The van der Waals surface area contributed by atoms with Gasteiger partial charge in [-0.3, -0.25) is 0 Å². The van der Waals surface area contributed by atoms with Gasteiger partial charge in [-0.25, -0.2) is 13.2 Å². The lowest BCUT2D eigenvalue weighted by Crippen LogP contribution is -2.25. The van der Waals surface area contributed by atoms with Crippen LogP contribution in [0.4, 0.5) is 13.2 Å². The third-order valence-electron chi connectivity index (χ3n) is 2.99. The van der Waals surface area contributed by atoms with Crippen LogP contribution in [0, 0.1) is 17.5 Å². The molecule has 1 atom stereocenters. The van der Waals surface area contributed by atoms with Crippen LogP contribution in [0.25, 0.3) is 0 Å². The zero-order chi connectivity index (χ0) is 13.8. The Morgan fingerprint density at radius 3 is 2.68 bits per heavy atom. The Hall–Kier alpha value is -1.49. The second-order valence-electron chi connectivity index (χ2n) is 4.40. The van der Waals surface area contributed by atoms with Crippen molar-refractivity contribution >= 4 is 0 Å². The molecule has 1 aromatic rings. The second-order valence-corrected chi connectivity index (χ2v) is 4.40. The predicted octanol–water partition coefficient (Wildman–Crippen LogP) is 3.45. The molecule has 1 aliphatic rings. The van der Waals surface area contributed by atoms with Gasteiger partial charge in [-0.05, 0) is 25.1 Å². The van der Waals surface area contributed by atoms with Gasteiger partial charge < -0.3 is 10.1 Å². The molecule has 0 aliphatic carbocycles. The standard InChI is InChI=1S/C14H16F3NO/c1-2-7-18-14(11-4-3-8-19-11)9-5-6-10(15)13(17)12(9)16/h4-6,14,18H,2-3,7-8H2,1H3. The Kier molecular flexibility index (Phi) is 4.47. The van der Waals surface area contributed by atoms with Crippen molar-refractivity contribution in [1.29, 1.82) is 0 Å². The van der Waals surface area contributed by atoms with Gasteiger partial charge in [0.15, 0.2) is 17.5 Å². The molecule has 0 spiro atoms. The fraction of sp³-hybridized carbons (Fsp3) is 0.429. The van der Waals surface area contributed by atoms with E-state index in [1.54, 1.807) is 0 Å². The van der Waals surface area contributed by atoms with Gasteiger partial charge in [0.1, 0.15) is 5.76 Å². The molecule has 1 heterocycles. The minimum atomic E-state index is -1.45. The molecule has 0 saturated heterocycles. The van der Waals surface area contributed by atoms with Crippen LogP contribution in [-0.4, -0.2) is 13.2 Å². The van der Waals surface area contributed by atoms with E-state index in [2.05, 4.69) is 5.32 Å². The molecule has 0 amide bonds. The van der Waals surface area contributed by atoms with Gasteiger partial charge in [0.25, 0.3) is 0 Å². The van der Waals surface area contributed by atoms with Crippen LogP contribution in [0.3, 0.4) is 0 Å². The first-order valence-electron chi connectivity index (χ1n) is 6.34. The highest BCUT2D eigenvalue weighted by Crippen LogP contribution is 2.29. The lowest BCUT2D eigenvalue weighted by atomic mass is 10.0. The molecule has 104 valence electrons. The van der Waals surface area contributed by atoms with E-state index in [0.29, 0.717) is 18.9 Å². The molecule has 1 aliphatic heterocycles. The SMILES string of the molecule is CCCNC(C1=CCCO1)c1ccc(F)c(F)c1F. The summed E-state index contributed by atoms with van der Waals surface area (Å²) in [5.41, 5.74) is 0.0699. The quantitative estimate of drug-likeness (QED) is 0.828. The molecule has 0 saturated carbocycles. The summed E-state index contributed by atoms with van der Waals surface area (Å²) in [6, 6.07) is 1.62. The molecule has 0 aromatic heterocycles. The maximum atomic E-state index is 13.9. The fourth-order valence-electron chi connectivity index (χ4n) is 2.05. The van der Waals surface area contributed by atoms with Gasteiger partial charge in [-0.2, -0.15) is 0 Å². The highest BCUT2D eigenvalue weighted by molar-refractivity contribution is 5.29. The molecular formula is C14H16F3NO. The van der Waals surface area contributed by atoms with Crippen LogP contribution in [0.1, 0.15) is 31.4 Å². The Labute approximate surface area is 110 Å². The van der Waals surface area contributed by atoms with Crippen molar-refractivity contribution in [2.75, 3.05) is 13.2 Å². The smallest absolute Gasteiger partial charge is 0.194 e. The lowest BCUT2D eigenvalue weighted by molar-refractivity contribution is 0.213. The van der Waals surface area contributed by atoms with Crippen molar-refractivity contribution in [1.82, 2.24) is 5.32 Å². The Morgan fingerprint density at radius 1 is 1.26 bits per heavy atom. The lowest BCUT2D eigenvalue weighted by Gasteiger charge is -2.21. The maximum absolute atomic E-state index is 13.9. The minimum Gasteiger partial charge on any atom is -0.496 e. The van der Waals surface area contributed by atoms with Crippen molar-refractivity contribution in [2.24, 2.45) is 0 Å². The molecule has 0 radical (unpaired) electrons. The van der Waals surface area contributed by atoms with Crippen LogP contribution in [0.5, 0.6) is 0 Å². The van der Waals surface area contributed by atoms with E-state index in [9.17, 15) is 13.2 Å². The molecule has 2 rings (SSSR count). The van der Waals surface area contributed by atoms with E-state index in [1.165, 1.54) is 6.07 Å². The van der Waals surface area contributed by atoms with Crippen molar-refractivity contribution in [3.8, 4) is 0 Å². The number of nitrogens with one attached hydrogen (secondary N) is 1. The third-order valence-corrected chi connectivity index (χ3v) is 2.99. The first-order chi connectivity index (χ1) is 9.15. The zero-order valence-corrected chi connectivity index (χ0v) is 10.7. The highest BCUT2D eigenvalue weighted by Gasteiger charge is 2.25. The number of halogens is 3. The molecule has 1 N–H and O–H groups in total. The summed E-state index contributed by atoms with van der Waals surface area (Å²) in [4.78, 5) is 0. The van der Waals surface area contributed by atoms with Crippen LogP contribution in [-0.2, 0) is 4.74 Å². The van der Waals surface area contributed by atoms with Gasteiger partial charge in [-0.15, -0.1) is 0 Å². The Bertz CT molecular complexity index is 488. The number of hydrogen-bond donors (Lipinski definition) is 1. The number of ether oxygens (including phenoxy) is 1. The summed E-state index contributed by atoms with van der Waals surface area (Å²) < 4.78 is 45.6. The molecule has 1 aromatic carbocycles. The monoisotopic (exact) mass is 271 g/mol. The van der Waals surface area contributed by atoms with Crippen LogP contribution in [0.2, 0.25) is 0 Å². The minimum absolute atomic E-state index is 0.0699. The topological polar surface area (TPSA) is 21.3 Å². The van der Waals surface area contributed by atoms with E-state index in [4.69, 9.17) is 4.74 Å². The second kappa shape index (κ2) is 6.10. The third kappa shape index (κ3) is 2.92. The Morgan fingerprint density at radius 2 is 2.05 bits per heavy atom. The first kappa shape index (κ1) is 13.9. The van der Waals surface area contributed by atoms with Gasteiger partial charge in [0, 0.05) is 12.0 Å². The number of hydrogen-bond acceptors (Lipinski definition) is 2. The van der Waals surface area contributed by atoms with Gasteiger partial charge in [0.2, 0.25) is 0 Å². The van der Waals surface area contributed by atoms with Gasteiger partial charge in [0.05, 0.1) is 12.6 Å². The fourth-order valence-corrected chi connectivity index (χ4v) is 2.05. The molecule has 1 unspecified atom stereocenters. The van der Waals surface area contributed by atoms with E-state index in [-0.39, 0.29) is 5.56 Å². The summed E-state index contributed by atoms with van der Waals surface area (Å²) in [7, 11) is 0.